The minimum Gasteiger partial charge on any atom is -0.480 e. The molecule has 38 heavy (non-hydrogen) atoms. The number of carbonyl (C=O) groups is 5. The molecule has 0 saturated carbocycles. The van der Waals surface area contributed by atoms with Gasteiger partial charge < -0.3 is 26.0 Å². The van der Waals surface area contributed by atoms with Gasteiger partial charge in [0.15, 0.2) is 0 Å². The third kappa shape index (κ3) is 9.31. The molecule has 0 aliphatic carbocycles. The summed E-state index contributed by atoms with van der Waals surface area (Å²) in [6, 6.07) is 3.81. The molecular weight excluding hydrogens is 558 g/mol. The molecule has 0 radical (unpaired) electrons. The molecule has 1 saturated heterocycles. The van der Waals surface area contributed by atoms with Crippen molar-refractivity contribution in [3.8, 4) is 0 Å². The molecule has 14 heteroatoms. The molecule has 0 bridgehead atoms. The maximum Gasteiger partial charge on any atom is 0.327 e. The van der Waals surface area contributed by atoms with Crippen molar-refractivity contribution in [1.82, 2.24) is 10.2 Å². The van der Waals surface area contributed by atoms with Gasteiger partial charge in [-0.1, -0.05) is 51.4 Å². The summed E-state index contributed by atoms with van der Waals surface area (Å²) >= 11 is 6.35. The number of nitrogens with two attached hydrogens (primary N) is 1. The average molecular weight is 588 g/mol. The highest BCUT2D eigenvalue weighted by Gasteiger charge is 2.35. The largest absolute Gasteiger partial charge is 0.480 e. The highest BCUT2D eigenvalue weighted by Crippen LogP contribution is 2.39. The number of hydrogen-bond donors (Lipinski definition) is 4. The van der Waals surface area contributed by atoms with Crippen LogP contribution in [0.2, 0.25) is 5.02 Å². The Labute approximate surface area is 232 Å². The van der Waals surface area contributed by atoms with Crippen molar-refractivity contribution < 1.29 is 38.9 Å². The molecule has 2 rings (SSSR count). The van der Waals surface area contributed by atoms with E-state index in [4.69, 9.17) is 27.2 Å². The zero-order chi connectivity index (χ0) is 28.2. The number of methoxy groups -OCH3 is 1. The second-order valence-electron chi connectivity index (χ2n) is 8.40. The number of halogens is 1. The van der Waals surface area contributed by atoms with Crippen LogP contribution in [0.5, 0.6) is 0 Å². The van der Waals surface area contributed by atoms with Crippen LogP contribution < -0.4 is 11.1 Å². The van der Waals surface area contributed by atoms with Crippen LogP contribution >= 0.6 is 33.2 Å². The van der Waals surface area contributed by atoms with E-state index in [1.165, 1.54) is 34.8 Å². The summed E-state index contributed by atoms with van der Waals surface area (Å²) in [5.41, 5.74) is 6.73. The first-order valence-electron chi connectivity index (χ1n) is 11.6. The number of likely N-dealkylation sites (tertiary alicyclic amines) is 1. The van der Waals surface area contributed by atoms with Gasteiger partial charge >= 0.3 is 17.9 Å². The molecule has 1 heterocycles. The summed E-state index contributed by atoms with van der Waals surface area (Å²) in [5, 5.41) is 21.0. The van der Waals surface area contributed by atoms with Crippen LogP contribution in [0, 0.1) is 0 Å². The Morgan fingerprint density at radius 2 is 1.97 bits per heavy atom. The molecule has 4 atom stereocenters. The van der Waals surface area contributed by atoms with E-state index in [1.54, 1.807) is 24.3 Å². The molecule has 1 fully saturated rings. The highest BCUT2D eigenvalue weighted by atomic mass is 35.5. The van der Waals surface area contributed by atoms with Crippen LogP contribution in [0.4, 0.5) is 0 Å². The minimum absolute atomic E-state index is 0.0374. The highest BCUT2D eigenvalue weighted by molar-refractivity contribution is 8.77. The van der Waals surface area contributed by atoms with Crippen LogP contribution in [0.3, 0.4) is 0 Å². The van der Waals surface area contributed by atoms with Gasteiger partial charge in [-0.05, 0) is 36.1 Å². The quantitative estimate of drug-likeness (QED) is 0.108. The zero-order valence-corrected chi connectivity index (χ0v) is 23.0. The van der Waals surface area contributed by atoms with Crippen molar-refractivity contribution in [2.45, 2.75) is 42.6 Å². The molecule has 1 aliphatic heterocycles. The number of aldehydes is 1. The maximum absolute atomic E-state index is 12.7. The molecular formula is C24H30ClN3O8S2. The summed E-state index contributed by atoms with van der Waals surface area (Å²) < 4.78 is 5.02. The molecule has 1 aliphatic rings. The average Bonchev–Trinajstić information content (AvgIpc) is 2.88. The summed E-state index contributed by atoms with van der Waals surface area (Å²) in [7, 11) is 3.90. The van der Waals surface area contributed by atoms with Gasteiger partial charge in [0, 0.05) is 35.5 Å². The number of hydrogen-bond acceptors (Lipinski definition) is 10. The standard InChI is InChI=1S/C24H30ClN3O8S2/c1-36-24(35)21(15-4-2-3-5-16(15)25)28-10-8-19(14(12-28)9-11-29)38-37-13-18(23(33)34)27-20(30)7-6-17(26)22(31)32/h2-5,9,11,17-19,21H,6-8,10,12-13,26H2,1H3,(H,27,30)(H,31,32)(H,33,34)/b14-9-. The van der Waals surface area contributed by atoms with E-state index in [0.29, 0.717) is 36.4 Å². The number of esters is 1. The van der Waals surface area contributed by atoms with Gasteiger partial charge in [-0.15, -0.1) is 0 Å². The molecule has 1 aromatic carbocycles. The van der Waals surface area contributed by atoms with Crippen molar-refractivity contribution in [2.75, 3.05) is 26.0 Å². The number of benzene rings is 1. The predicted octanol–water partition coefficient (Wildman–Crippen LogP) is 1.90. The maximum atomic E-state index is 12.7. The Balaban J connectivity index is 2.01. The molecule has 1 aromatic rings. The van der Waals surface area contributed by atoms with Crippen molar-refractivity contribution in [3.05, 3.63) is 46.5 Å². The molecule has 1 amide bonds. The number of amides is 1. The number of rotatable bonds is 14. The lowest BCUT2D eigenvalue weighted by Crippen LogP contribution is -2.43. The van der Waals surface area contributed by atoms with E-state index >= 15 is 0 Å². The Morgan fingerprint density at radius 1 is 1.26 bits per heavy atom. The number of allylic oxidation sites excluding steroid dienone is 1. The number of nitrogens with zero attached hydrogens (tertiary/aromatic N) is 1. The number of nitrogens with one attached hydrogen (secondary N) is 1. The van der Waals surface area contributed by atoms with E-state index in [2.05, 4.69) is 5.32 Å². The van der Waals surface area contributed by atoms with Gasteiger partial charge in [-0.2, -0.15) is 0 Å². The number of carboxylic acids is 2. The number of ether oxygens (including phenoxy) is 1. The normalized spacial score (nSPS) is 19.2. The molecule has 4 unspecified atom stereocenters. The Morgan fingerprint density at radius 3 is 2.58 bits per heavy atom. The lowest BCUT2D eigenvalue weighted by Gasteiger charge is -2.37. The van der Waals surface area contributed by atoms with Gasteiger partial charge in [0.1, 0.15) is 24.4 Å². The first-order chi connectivity index (χ1) is 18.1. The SMILES string of the molecule is COC(=O)C(c1ccccc1Cl)N1CCC(SSCC(NC(=O)CCC(N)C(=O)O)C(=O)O)/C(=C\C=O)C1. The number of piperidine rings is 1. The van der Waals surface area contributed by atoms with Crippen LogP contribution in [0.15, 0.2) is 35.9 Å². The molecule has 5 N–H and O–H groups in total. The molecule has 0 aromatic heterocycles. The van der Waals surface area contributed by atoms with E-state index < -0.39 is 41.9 Å². The fourth-order valence-corrected chi connectivity index (χ4v) is 6.90. The van der Waals surface area contributed by atoms with Crippen molar-refractivity contribution in [3.63, 3.8) is 0 Å². The van der Waals surface area contributed by atoms with Gasteiger partial charge in [-0.25, -0.2) is 9.59 Å². The van der Waals surface area contributed by atoms with Crippen LogP contribution in [-0.4, -0.2) is 88.5 Å². The molecule has 11 nitrogen and oxygen atoms in total. The molecule has 208 valence electrons. The lowest BCUT2D eigenvalue weighted by molar-refractivity contribution is -0.147. The predicted molar refractivity (Wildman–Crippen MR) is 145 cm³/mol. The summed E-state index contributed by atoms with van der Waals surface area (Å²) in [6.07, 6.45) is 2.34. The summed E-state index contributed by atoms with van der Waals surface area (Å²) in [4.78, 5) is 60.4. The first-order valence-corrected chi connectivity index (χ1v) is 14.3. The Kier molecular flexibility index (Phi) is 13.1. The third-order valence-corrected chi connectivity index (χ3v) is 9.03. The van der Waals surface area contributed by atoms with Crippen LogP contribution in [0.1, 0.15) is 30.9 Å². The summed E-state index contributed by atoms with van der Waals surface area (Å²) in [6.45, 7) is 0.785. The van der Waals surface area contributed by atoms with Crippen molar-refractivity contribution in [1.29, 1.82) is 0 Å². The minimum atomic E-state index is -1.24. The topological polar surface area (TPSA) is 176 Å². The van der Waals surface area contributed by atoms with E-state index in [9.17, 15) is 29.1 Å². The number of carbonyl (C=O) groups excluding carboxylic acids is 3. The second kappa shape index (κ2) is 15.7. The smallest absolute Gasteiger partial charge is 0.327 e. The number of carboxylic acid groups (broad SMARTS) is 2. The second-order valence-corrected chi connectivity index (χ2v) is 11.4. The zero-order valence-electron chi connectivity index (χ0n) is 20.6. The fraction of sp³-hybridized carbons (Fsp3) is 0.458. The van der Waals surface area contributed by atoms with Crippen molar-refractivity contribution in [2.24, 2.45) is 5.73 Å². The van der Waals surface area contributed by atoms with E-state index in [0.717, 1.165) is 5.57 Å². The van der Waals surface area contributed by atoms with E-state index in [1.807, 2.05) is 4.90 Å². The summed E-state index contributed by atoms with van der Waals surface area (Å²) in [5.74, 6) is -3.52. The monoisotopic (exact) mass is 587 g/mol. The van der Waals surface area contributed by atoms with Gasteiger partial charge in [0.05, 0.1) is 7.11 Å². The van der Waals surface area contributed by atoms with E-state index in [-0.39, 0.29) is 23.8 Å². The van der Waals surface area contributed by atoms with Gasteiger partial charge in [0.25, 0.3) is 0 Å². The lowest BCUT2D eigenvalue weighted by atomic mass is 9.98. The van der Waals surface area contributed by atoms with Gasteiger partial charge in [-0.3, -0.25) is 19.3 Å². The third-order valence-electron chi connectivity index (χ3n) is 5.80. The number of aliphatic carboxylic acids is 2. The van der Waals surface area contributed by atoms with Crippen LogP contribution in [-0.2, 0) is 28.7 Å². The first kappa shape index (κ1) is 31.6. The van der Waals surface area contributed by atoms with Crippen LogP contribution in [0.25, 0.3) is 0 Å². The Hall–Kier alpha value is -2.58. The molecule has 0 spiro atoms. The van der Waals surface area contributed by atoms with Crippen molar-refractivity contribution >= 4 is 63.3 Å². The fourth-order valence-electron chi connectivity index (χ4n) is 3.78. The Bertz CT molecular complexity index is 1060. The van der Waals surface area contributed by atoms with Gasteiger partial charge in [0.2, 0.25) is 5.91 Å².